The fourth-order valence-electron chi connectivity index (χ4n) is 5.24. The Morgan fingerprint density at radius 1 is 1.16 bits per heavy atom. The number of morpholine rings is 1. The highest BCUT2D eigenvalue weighted by atomic mass is 16.6. The lowest BCUT2D eigenvalue weighted by Gasteiger charge is -2.40. The minimum Gasteiger partial charge on any atom is -0.436 e. The lowest BCUT2D eigenvalue weighted by Crippen LogP contribution is -2.57. The third-order valence-electron chi connectivity index (χ3n) is 7.64. The van der Waals surface area contributed by atoms with Crippen molar-refractivity contribution in [2.45, 2.75) is 76.9 Å². The summed E-state index contributed by atoms with van der Waals surface area (Å²) in [5, 5.41) is 12.9. The molecule has 3 aliphatic rings. The van der Waals surface area contributed by atoms with Crippen LogP contribution >= 0.6 is 0 Å². The Labute approximate surface area is 192 Å². The second kappa shape index (κ2) is 10.8. The third kappa shape index (κ3) is 6.35. The fourth-order valence-corrected chi connectivity index (χ4v) is 5.24. The standard InChI is InChI=1S/C24H40N4O4/c1-23(2,19-7-5-4-6-8-19)17-20(32-22(30)28-13-15-31-16-14-28)21(29)26-24(18-25)9-11-27(3)12-10-24/h19-20H,4-17H2,1-3H3,(H,26,29). The van der Waals surface area contributed by atoms with Crippen molar-refractivity contribution in [3.8, 4) is 6.07 Å². The van der Waals surface area contributed by atoms with Gasteiger partial charge in [0.25, 0.3) is 5.91 Å². The van der Waals surface area contributed by atoms with Crippen molar-refractivity contribution < 1.29 is 19.1 Å². The molecule has 2 saturated heterocycles. The zero-order chi connectivity index (χ0) is 23.2. The Kier molecular flexibility index (Phi) is 8.40. The molecule has 0 spiro atoms. The van der Waals surface area contributed by atoms with Crippen LogP contribution < -0.4 is 5.32 Å². The Bertz CT molecular complexity index is 685. The third-order valence-corrected chi connectivity index (χ3v) is 7.64. The minimum atomic E-state index is -0.910. The average Bonchev–Trinajstić information content (AvgIpc) is 2.81. The predicted octanol–water partition coefficient (Wildman–Crippen LogP) is 2.92. The van der Waals surface area contributed by atoms with Crippen LogP contribution in [0.1, 0.15) is 65.2 Å². The maximum absolute atomic E-state index is 13.4. The summed E-state index contributed by atoms with van der Waals surface area (Å²) in [6, 6.07) is 2.34. The Morgan fingerprint density at radius 2 is 1.78 bits per heavy atom. The molecule has 8 heteroatoms. The van der Waals surface area contributed by atoms with E-state index in [2.05, 4.69) is 30.1 Å². The van der Waals surface area contributed by atoms with E-state index in [1.54, 1.807) is 4.90 Å². The Morgan fingerprint density at radius 3 is 2.38 bits per heavy atom. The summed E-state index contributed by atoms with van der Waals surface area (Å²) in [5.74, 6) is 0.156. The molecule has 2 heterocycles. The highest BCUT2D eigenvalue weighted by Crippen LogP contribution is 2.42. The molecule has 8 nitrogen and oxygen atoms in total. The van der Waals surface area contributed by atoms with Crippen LogP contribution in [0.5, 0.6) is 0 Å². The molecule has 1 atom stereocenters. The van der Waals surface area contributed by atoms with E-state index in [-0.39, 0.29) is 11.3 Å². The zero-order valence-electron chi connectivity index (χ0n) is 20.0. The number of nitrogens with one attached hydrogen (secondary N) is 1. The first-order valence-electron chi connectivity index (χ1n) is 12.2. The molecule has 180 valence electrons. The van der Waals surface area contributed by atoms with Crippen molar-refractivity contribution in [2.24, 2.45) is 11.3 Å². The van der Waals surface area contributed by atoms with Gasteiger partial charge in [-0.15, -0.1) is 0 Å². The largest absolute Gasteiger partial charge is 0.436 e. The maximum atomic E-state index is 13.4. The van der Waals surface area contributed by atoms with Gasteiger partial charge in [0.1, 0.15) is 5.54 Å². The molecule has 2 aliphatic heterocycles. The number of piperidine rings is 1. The molecule has 0 radical (unpaired) electrons. The number of likely N-dealkylation sites (tertiary alicyclic amines) is 1. The molecule has 1 unspecified atom stereocenters. The van der Waals surface area contributed by atoms with Crippen molar-refractivity contribution in [3.63, 3.8) is 0 Å². The Hall–Kier alpha value is -1.85. The van der Waals surface area contributed by atoms with E-state index in [4.69, 9.17) is 9.47 Å². The topological polar surface area (TPSA) is 94.9 Å². The van der Waals surface area contributed by atoms with Gasteiger partial charge in [0.15, 0.2) is 6.10 Å². The van der Waals surface area contributed by atoms with Crippen molar-refractivity contribution in [3.05, 3.63) is 0 Å². The zero-order valence-corrected chi connectivity index (χ0v) is 20.0. The number of amides is 2. The van der Waals surface area contributed by atoms with Gasteiger partial charge < -0.3 is 24.6 Å². The van der Waals surface area contributed by atoms with Crippen LogP contribution in [-0.4, -0.2) is 79.9 Å². The van der Waals surface area contributed by atoms with Crippen molar-refractivity contribution in [1.29, 1.82) is 5.26 Å². The van der Waals surface area contributed by atoms with Crippen molar-refractivity contribution >= 4 is 12.0 Å². The molecule has 1 aliphatic carbocycles. The lowest BCUT2D eigenvalue weighted by molar-refractivity contribution is -0.134. The molecule has 1 saturated carbocycles. The minimum absolute atomic E-state index is 0.139. The van der Waals surface area contributed by atoms with E-state index >= 15 is 0 Å². The van der Waals surface area contributed by atoms with Gasteiger partial charge in [-0.3, -0.25) is 4.79 Å². The fraction of sp³-hybridized carbons (Fsp3) is 0.875. The quantitative estimate of drug-likeness (QED) is 0.671. The summed E-state index contributed by atoms with van der Waals surface area (Å²) >= 11 is 0. The number of carbonyl (C=O) groups excluding carboxylic acids is 2. The maximum Gasteiger partial charge on any atom is 0.410 e. The number of hydrogen-bond donors (Lipinski definition) is 1. The number of ether oxygens (including phenoxy) is 2. The normalized spacial score (nSPS) is 23.8. The average molecular weight is 449 g/mol. The smallest absolute Gasteiger partial charge is 0.410 e. The van der Waals surface area contributed by atoms with Gasteiger partial charge in [-0.25, -0.2) is 4.79 Å². The molecule has 32 heavy (non-hydrogen) atoms. The molecular formula is C24H40N4O4. The summed E-state index contributed by atoms with van der Waals surface area (Å²) in [5.41, 5.74) is -1.04. The second-order valence-corrected chi connectivity index (χ2v) is 10.5. The monoisotopic (exact) mass is 448 g/mol. The summed E-state index contributed by atoms with van der Waals surface area (Å²) in [4.78, 5) is 30.1. The molecule has 3 fully saturated rings. The molecule has 0 bridgehead atoms. The van der Waals surface area contributed by atoms with Gasteiger partial charge in [-0.05, 0) is 50.5 Å². The predicted molar refractivity (Wildman–Crippen MR) is 121 cm³/mol. The summed E-state index contributed by atoms with van der Waals surface area (Å²) in [6.45, 7) is 7.75. The van der Waals surface area contributed by atoms with Crippen LogP contribution in [0.3, 0.4) is 0 Å². The van der Waals surface area contributed by atoms with E-state index in [0.29, 0.717) is 51.5 Å². The van der Waals surface area contributed by atoms with Crippen LogP contribution in [0.25, 0.3) is 0 Å². The molecule has 0 aromatic rings. The number of rotatable bonds is 6. The molecule has 3 rings (SSSR count). The SMILES string of the molecule is CN1CCC(C#N)(NC(=O)C(CC(C)(C)C2CCCCC2)OC(=O)N2CCOCC2)CC1. The van der Waals surface area contributed by atoms with E-state index in [1.165, 1.54) is 19.3 Å². The van der Waals surface area contributed by atoms with Gasteiger partial charge in [0.2, 0.25) is 0 Å². The van der Waals surface area contributed by atoms with Crippen molar-refractivity contribution in [2.75, 3.05) is 46.4 Å². The summed E-state index contributed by atoms with van der Waals surface area (Å²) in [6.07, 6.45) is 6.20. The van der Waals surface area contributed by atoms with E-state index in [0.717, 1.165) is 25.9 Å². The van der Waals surface area contributed by atoms with Gasteiger partial charge in [-0.2, -0.15) is 5.26 Å². The van der Waals surface area contributed by atoms with E-state index < -0.39 is 17.7 Å². The van der Waals surface area contributed by atoms with Gasteiger partial charge >= 0.3 is 6.09 Å². The van der Waals surface area contributed by atoms with Crippen LogP contribution in [0.2, 0.25) is 0 Å². The van der Waals surface area contributed by atoms with Crippen LogP contribution in [0, 0.1) is 22.7 Å². The highest BCUT2D eigenvalue weighted by molar-refractivity contribution is 5.84. The summed E-state index contributed by atoms with van der Waals surface area (Å²) in [7, 11) is 2.02. The molecule has 0 aromatic heterocycles. The van der Waals surface area contributed by atoms with Gasteiger partial charge in [0, 0.05) is 26.2 Å². The number of nitrogens with zero attached hydrogens (tertiary/aromatic N) is 3. The Balaban J connectivity index is 1.73. The first-order chi connectivity index (χ1) is 15.2. The first-order valence-corrected chi connectivity index (χ1v) is 12.2. The first kappa shape index (κ1) is 24.8. The van der Waals surface area contributed by atoms with Crippen LogP contribution in [0.4, 0.5) is 4.79 Å². The van der Waals surface area contributed by atoms with E-state index in [1.807, 2.05) is 7.05 Å². The molecular weight excluding hydrogens is 408 g/mol. The molecule has 2 amide bonds. The molecule has 1 N–H and O–H groups in total. The second-order valence-electron chi connectivity index (χ2n) is 10.5. The number of hydrogen-bond acceptors (Lipinski definition) is 6. The van der Waals surface area contributed by atoms with Crippen molar-refractivity contribution in [1.82, 2.24) is 15.1 Å². The number of nitriles is 1. The highest BCUT2D eigenvalue weighted by Gasteiger charge is 2.41. The van der Waals surface area contributed by atoms with E-state index in [9.17, 15) is 14.9 Å². The van der Waals surface area contributed by atoms with Crippen LogP contribution in [-0.2, 0) is 14.3 Å². The number of carbonyl (C=O) groups is 2. The van der Waals surface area contributed by atoms with Crippen LogP contribution in [0.15, 0.2) is 0 Å². The summed E-state index contributed by atoms with van der Waals surface area (Å²) < 4.78 is 11.2. The molecule has 0 aromatic carbocycles. The van der Waals surface area contributed by atoms with Gasteiger partial charge in [0.05, 0.1) is 19.3 Å². The lowest BCUT2D eigenvalue weighted by atomic mass is 9.68. The van der Waals surface area contributed by atoms with Gasteiger partial charge in [-0.1, -0.05) is 33.1 Å².